The van der Waals surface area contributed by atoms with Gasteiger partial charge in [-0.3, -0.25) is 4.55 Å². The average molecular weight is 369 g/mol. The number of alkyl halides is 3. The maximum Gasteiger partial charge on any atom is 0.426 e. The van der Waals surface area contributed by atoms with Gasteiger partial charge in [-0.1, -0.05) is 0 Å². The number of carbonyl (C=O) groups excluding carboxylic acids is 1. The first-order valence-corrected chi connectivity index (χ1v) is 8.66. The van der Waals surface area contributed by atoms with Crippen LogP contribution < -0.4 is 4.90 Å². The Kier molecular flexibility index (Phi) is 6.61. The monoisotopic (exact) mass is 369 g/mol. The molecule has 0 aliphatic carbocycles. The molecule has 1 N–H and O–H groups in total. The van der Waals surface area contributed by atoms with Crippen molar-refractivity contribution in [3.8, 4) is 0 Å². The minimum atomic E-state index is -5.12. The highest BCUT2D eigenvalue weighted by Crippen LogP contribution is 2.25. The SMILES string of the molecule is CCN(CC)c1ccc(C(=O)OC(CS(=O)(=O)O)C(F)(F)F)cc1. The van der Waals surface area contributed by atoms with E-state index in [0.29, 0.717) is 13.1 Å². The first kappa shape index (κ1) is 20.2. The summed E-state index contributed by atoms with van der Waals surface area (Å²) in [5.74, 6) is -3.08. The van der Waals surface area contributed by atoms with Crippen LogP contribution in [0.5, 0.6) is 0 Å². The summed E-state index contributed by atoms with van der Waals surface area (Å²) in [5, 5.41) is 0. The number of anilines is 1. The lowest BCUT2D eigenvalue weighted by molar-refractivity contribution is -0.197. The molecule has 0 aliphatic rings. The van der Waals surface area contributed by atoms with E-state index >= 15 is 0 Å². The summed E-state index contributed by atoms with van der Waals surface area (Å²) in [4.78, 5) is 13.8. The molecular weight excluding hydrogens is 351 g/mol. The summed E-state index contributed by atoms with van der Waals surface area (Å²) in [6, 6.07) is 5.68. The van der Waals surface area contributed by atoms with E-state index in [4.69, 9.17) is 4.55 Å². The van der Waals surface area contributed by atoms with E-state index in [0.717, 1.165) is 5.69 Å². The van der Waals surface area contributed by atoms with Crippen LogP contribution in [-0.2, 0) is 14.9 Å². The fourth-order valence-corrected chi connectivity index (χ4v) is 2.62. The normalized spacial score (nSPS) is 13.4. The van der Waals surface area contributed by atoms with Gasteiger partial charge in [-0.25, -0.2) is 4.79 Å². The number of rotatable bonds is 7. The van der Waals surface area contributed by atoms with E-state index in [1.165, 1.54) is 12.1 Å². The molecular formula is C14H18F3NO5S. The van der Waals surface area contributed by atoms with Crippen LogP contribution in [0.2, 0.25) is 0 Å². The summed E-state index contributed by atoms with van der Waals surface area (Å²) in [6.45, 7) is 5.28. The predicted molar refractivity (Wildman–Crippen MR) is 81.7 cm³/mol. The molecule has 1 atom stereocenters. The Balaban J connectivity index is 2.92. The topological polar surface area (TPSA) is 83.9 Å². The van der Waals surface area contributed by atoms with E-state index in [1.54, 1.807) is 12.1 Å². The van der Waals surface area contributed by atoms with Gasteiger partial charge in [0, 0.05) is 18.8 Å². The molecule has 0 saturated carbocycles. The van der Waals surface area contributed by atoms with Crippen LogP contribution in [0.25, 0.3) is 0 Å². The third kappa shape index (κ3) is 6.00. The third-order valence-electron chi connectivity index (χ3n) is 3.21. The summed E-state index contributed by atoms with van der Waals surface area (Å²) in [6.07, 6.45) is -8.06. The average Bonchev–Trinajstić information content (AvgIpc) is 2.46. The zero-order chi connectivity index (χ0) is 18.5. The Hall–Kier alpha value is -1.81. The number of ether oxygens (including phenoxy) is 1. The van der Waals surface area contributed by atoms with Crippen LogP contribution in [0.4, 0.5) is 18.9 Å². The van der Waals surface area contributed by atoms with Crippen molar-refractivity contribution in [1.82, 2.24) is 0 Å². The third-order valence-corrected chi connectivity index (χ3v) is 3.93. The fourth-order valence-electron chi connectivity index (χ4n) is 1.98. The maximum atomic E-state index is 12.7. The lowest BCUT2D eigenvalue weighted by Gasteiger charge is -2.21. The highest BCUT2D eigenvalue weighted by Gasteiger charge is 2.45. The van der Waals surface area contributed by atoms with Gasteiger partial charge in [0.1, 0.15) is 5.75 Å². The molecule has 0 aliphatic heterocycles. The molecule has 0 aromatic heterocycles. The predicted octanol–water partition coefficient (Wildman–Crippen LogP) is 2.51. The number of carbonyl (C=O) groups is 1. The molecule has 1 aromatic rings. The molecule has 0 amide bonds. The highest BCUT2D eigenvalue weighted by atomic mass is 32.2. The van der Waals surface area contributed by atoms with Gasteiger partial charge in [0.15, 0.2) is 0 Å². The second-order valence-electron chi connectivity index (χ2n) is 4.90. The van der Waals surface area contributed by atoms with Crippen molar-refractivity contribution in [3.05, 3.63) is 29.8 Å². The zero-order valence-corrected chi connectivity index (χ0v) is 13.9. The second kappa shape index (κ2) is 7.84. The standard InChI is InChI=1S/C14H18F3NO5S/c1-3-18(4-2)11-7-5-10(6-8-11)13(19)23-12(14(15,16)17)9-24(20,21)22/h5-8,12H,3-4,9H2,1-2H3,(H,20,21,22). The molecule has 0 radical (unpaired) electrons. The minimum absolute atomic E-state index is 0.157. The van der Waals surface area contributed by atoms with Crippen LogP contribution in [0.15, 0.2) is 24.3 Å². The Morgan fingerprint density at radius 1 is 1.21 bits per heavy atom. The number of halogens is 3. The lowest BCUT2D eigenvalue weighted by atomic mass is 10.2. The lowest BCUT2D eigenvalue weighted by Crippen LogP contribution is -2.39. The van der Waals surface area contributed by atoms with Crippen LogP contribution in [0.3, 0.4) is 0 Å². The Morgan fingerprint density at radius 3 is 2.08 bits per heavy atom. The number of esters is 1. The Morgan fingerprint density at radius 2 is 1.71 bits per heavy atom. The van der Waals surface area contributed by atoms with Crippen molar-refractivity contribution in [2.24, 2.45) is 0 Å². The summed E-state index contributed by atoms with van der Waals surface area (Å²) in [5.41, 5.74) is 0.623. The molecule has 0 bridgehead atoms. The van der Waals surface area contributed by atoms with Gasteiger partial charge in [-0.15, -0.1) is 0 Å². The van der Waals surface area contributed by atoms with Crippen molar-refractivity contribution in [1.29, 1.82) is 0 Å². The molecule has 10 heteroatoms. The van der Waals surface area contributed by atoms with E-state index in [1.807, 2.05) is 18.7 Å². The van der Waals surface area contributed by atoms with Gasteiger partial charge in [-0.2, -0.15) is 21.6 Å². The van der Waals surface area contributed by atoms with E-state index < -0.39 is 34.1 Å². The highest BCUT2D eigenvalue weighted by molar-refractivity contribution is 7.85. The van der Waals surface area contributed by atoms with Gasteiger partial charge in [0.05, 0.1) is 5.56 Å². The van der Waals surface area contributed by atoms with Crippen LogP contribution >= 0.6 is 0 Å². The van der Waals surface area contributed by atoms with Crippen molar-refractivity contribution in [2.45, 2.75) is 26.1 Å². The molecule has 136 valence electrons. The van der Waals surface area contributed by atoms with Crippen LogP contribution in [-0.4, -0.2) is 50.1 Å². The quantitative estimate of drug-likeness (QED) is 0.587. The molecule has 24 heavy (non-hydrogen) atoms. The van der Waals surface area contributed by atoms with Gasteiger partial charge >= 0.3 is 12.1 Å². The van der Waals surface area contributed by atoms with Crippen molar-refractivity contribution in [2.75, 3.05) is 23.7 Å². The molecule has 0 heterocycles. The van der Waals surface area contributed by atoms with Crippen molar-refractivity contribution in [3.63, 3.8) is 0 Å². The largest absolute Gasteiger partial charge is 0.448 e. The molecule has 0 fully saturated rings. The fraction of sp³-hybridized carbons (Fsp3) is 0.500. The number of benzene rings is 1. The molecule has 1 unspecified atom stereocenters. The summed E-state index contributed by atoms with van der Waals surface area (Å²) in [7, 11) is -4.96. The van der Waals surface area contributed by atoms with Crippen molar-refractivity contribution >= 4 is 21.8 Å². The number of hydrogen-bond acceptors (Lipinski definition) is 5. The minimum Gasteiger partial charge on any atom is -0.448 e. The van der Waals surface area contributed by atoms with E-state index in [9.17, 15) is 26.4 Å². The number of hydrogen-bond donors (Lipinski definition) is 1. The van der Waals surface area contributed by atoms with Crippen molar-refractivity contribution < 1.29 is 35.7 Å². The number of nitrogens with zero attached hydrogens (tertiary/aromatic N) is 1. The van der Waals surface area contributed by atoms with E-state index in [2.05, 4.69) is 4.74 Å². The molecule has 1 aromatic carbocycles. The van der Waals surface area contributed by atoms with Gasteiger partial charge < -0.3 is 9.64 Å². The first-order chi connectivity index (χ1) is 11.0. The maximum absolute atomic E-state index is 12.7. The van der Waals surface area contributed by atoms with E-state index in [-0.39, 0.29) is 5.56 Å². The van der Waals surface area contributed by atoms with Gasteiger partial charge in [0.2, 0.25) is 6.10 Å². The summed E-state index contributed by atoms with van der Waals surface area (Å²) >= 11 is 0. The summed E-state index contributed by atoms with van der Waals surface area (Å²) < 4.78 is 72.3. The second-order valence-corrected chi connectivity index (χ2v) is 6.40. The molecule has 0 saturated heterocycles. The first-order valence-electron chi connectivity index (χ1n) is 7.05. The molecule has 6 nitrogen and oxygen atoms in total. The molecule has 1 rings (SSSR count). The smallest absolute Gasteiger partial charge is 0.426 e. The Bertz CT molecular complexity index is 654. The molecule has 0 spiro atoms. The van der Waals surface area contributed by atoms with Crippen LogP contribution in [0, 0.1) is 0 Å². The van der Waals surface area contributed by atoms with Gasteiger partial charge in [0.25, 0.3) is 10.1 Å². The Labute approximate surface area is 138 Å². The van der Waals surface area contributed by atoms with Gasteiger partial charge in [-0.05, 0) is 38.1 Å². The van der Waals surface area contributed by atoms with Crippen LogP contribution in [0.1, 0.15) is 24.2 Å². The zero-order valence-electron chi connectivity index (χ0n) is 13.1.